The molecule has 1 unspecified atom stereocenters. The van der Waals surface area contributed by atoms with E-state index in [1.54, 1.807) is 0 Å². The molecule has 0 rings (SSSR count). The summed E-state index contributed by atoms with van der Waals surface area (Å²) in [6.45, 7) is 1.78. The Morgan fingerprint density at radius 1 is 1.64 bits per heavy atom. The van der Waals surface area contributed by atoms with Crippen molar-refractivity contribution in [3.05, 3.63) is 12.2 Å². The zero-order chi connectivity index (χ0) is 8.53. The predicted molar refractivity (Wildman–Crippen MR) is 48.1 cm³/mol. The zero-order valence-corrected chi connectivity index (χ0v) is 7.47. The minimum Gasteiger partial charge on any atom is -0.381 e. The van der Waals surface area contributed by atoms with Gasteiger partial charge in [-0.05, 0) is 13.3 Å². The summed E-state index contributed by atoms with van der Waals surface area (Å²) in [6, 6.07) is 0. The van der Waals surface area contributed by atoms with E-state index in [-0.39, 0.29) is 6.73 Å². The number of aliphatic hydroxyl groups excluding tert-OH is 2. The van der Waals surface area contributed by atoms with Crippen LogP contribution in [0.25, 0.3) is 0 Å². The molecule has 0 aliphatic rings. The van der Waals surface area contributed by atoms with E-state index in [1.165, 1.54) is 11.8 Å². The number of aliphatic hydroxyl groups is 2. The van der Waals surface area contributed by atoms with Gasteiger partial charge in [-0.25, -0.2) is 0 Å². The van der Waals surface area contributed by atoms with Crippen molar-refractivity contribution in [2.45, 2.75) is 18.9 Å². The molecule has 0 saturated carbocycles. The van der Waals surface area contributed by atoms with Crippen LogP contribution in [0.3, 0.4) is 0 Å². The van der Waals surface area contributed by atoms with E-state index in [0.717, 1.165) is 12.2 Å². The molecule has 0 aliphatic carbocycles. The second-order valence-corrected chi connectivity index (χ2v) is 3.13. The first-order valence-electron chi connectivity index (χ1n) is 3.56. The SMILES string of the molecule is C/C=C/CCSC(O)NCO. The molecule has 0 saturated heterocycles. The quantitative estimate of drug-likeness (QED) is 0.314. The van der Waals surface area contributed by atoms with E-state index in [4.69, 9.17) is 10.2 Å². The maximum atomic E-state index is 9.02. The van der Waals surface area contributed by atoms with Gasteiger partial charge in [0, 0.05) is 5.75 Å². The fourth-order valence-corrected chi connectivity index (χ4v) is 1.24. The molecule has 11 heavy (non-hydrogen) atoms. The van der Waals surface area contributed by atoms with Gasteiger partial charge >= 0.3 is 0 Å². The lowest BCUT2D eigenvalue weighted by Gasteiger charge is -2.08. The summed E-state index contributed by atoms with van der Waals surface area (Å²) in [7, 11) is 0. The van der Waals surface area contributed by atoms with Gasteiger partial charge in [0.1, 0.15) is 0 Å². The fraction of sp³-hybridized carbons (Fsp3) is 0.714. The van der Waals surface area contributed by atoms with Crippen molar-refractivity contribution < 1.29 is 10.2 Å². The first-order chi connectivity index (χ1) is 5.31. The fourth-order valence-electron chi connectivity index (χ4n) is 0.551. The van der Waals surface area contributed by atoms with Crippen LogP contribution in [-0.4, -0.2) is 28.3 Å². The highest BCUT2D eigenvalue weighted by atomic mass is 32.2. The lowest BCUT2D eigenvalue weighted by atomic mass is 10.4. The summed E-state index contributed by atoms with van der Waals surface area (Å²) in [5, 5.41) is 19.8. The summed E-state index contributed by atoms with van der Waals surface area (Å²) in [5.41, 5.74) is -0.648. The van der Waals surface area contributed by atoms with Crippen LogP contribution in [0, 0.1) is 0 Å². The topological polar surface area (TPSA) is 52.5 Å². The van der Waals surface area contributed by atoms with Crippen LogP contribution in [0.4, 0.5) is 0 Å². The molecule has 0 heterocycles. The molecular formula is C7H15NO2S. The monoisotopic (exact) mass is 177 g/mol. The average Bonchev–Trinajstić information content (AvgIpc) is 1.99. The van der Waals surface area contributed by atoms with E-state index in [9.17, 15) is 0 Å². The number of allylic oxidation sites excluding steroid dienone is 2. The molecule has 0 aromatic heterocycles. The van der Waals surface area contributed by atoms with Gasteiger partial charge in [0.25, 0.3) is 0 Å². The van der Waals surface area contributed by atoms with E-state index in [1.807, 2.05) is 19.1 Å². The number of rotatable bonds is 6. The van der Waals surface area contributed by atoms with Crippen molar-refractivity contribution in [2.75, 3.05) is 12.5 Å². The Morgan fingerprint density at radius 3 is 2.91 bits per heavy atom. The molecule has 0 aromatic rings. The van der Waals surface area contributed by atoms with Crippen molar-refractivity contribution in [1.82, 2.24) is 5.32 Å². The van der Waals surface area contributed by atoms with Crippen LogP contribution in [-0.2, 0) is 0 Å². The summed E-state index contributed by atoms with van der Waals surface area (Å²) in [6.07, 6.45) is 4.97. The van der Waals surface area contributed by atoms with Gasteiger partial charge in [-0.3, -0.25) is 5.32 Å². The molecule has 0 amide bonds. The first-order valence-corrected chi connectivity index (χ1v) is 4.61. The van der Waals surface area contributed by atoms with Crippen LogP contribution in [0.1, 0.15) is 13.3 Å². The second kappa shape index (κ2) is 8.07. The van der Waals surface area contributed by atoms with Gasteiger partial charge in [0.15, 0.2) is 5.56 Å². The lowest BCUT2D eigenvalue weighted by molar-refractivity contribution is 0.162. The molecule has 1 atom stereocenters. The van der Waals surface area contributed by atoms with E-state index < -0.39 is 5.56 Å². The van der Waals surface area contributed by atoms with Crippen LogP contribution in [0.2, 0.25) is 0 Å². The molecule has 0 fully saturated rings. The molecular weight excluding hydrogens is 162 g/mol. The van der Waals surface area contributed by atoms with Gasteiger partial charge < -0.3 is 10.2 Å². The van der Waals surface area contributed by atoms with Crippen molar-refractivity contribution >= 4 is 11.8 Å². The Kier molecular flexibility index (Phi) is 8.05. The summed E-state index contributed by atoms with van der Waals surface area (Å²) < 4.78 is 0. The van der Waals surface area contributed by atoms with Crippen molar-refractivity contribution in [3.63, 3.8) is 0 Å². The Morgan fingerprint density at radius 2 is 2.36 bits per heavy atom. The number of hydrogen-bond acceptors (Lipinski definition) is 4. The minimum absolute atomic E-state index is 0.183. The Labute approximate surface area is 71.5 Å². The average molecular weight is 177 g/mol. The molecule has 3 nitrogen and oxygen atoms in total. The second-order valence-electron chi connectivity index (χ2n) is 1.94. The van der Waals surface area contributed by atoms with Gasteiger partial charge in [-0.15, -0.1) is 11.8 Å². The molecule has 0 bridgehead atoms. The van der Waals surface area contributed by atoms with Gasteiger partial charge in [0.05, 0.1) is 6.73 Å². The van der Waals surface area contributed by atoms with Crippen LogP contribution in [0.15, 0.2) is 12.2 Å². The van der Waals surface area contributed by atoms with E-state index in [2.05, 4.69) is 5.32 Å². The summed E-state index contributed by atoms with van der Waals surface area (Å²) in [4.78, 5) is 0. The van der Waals surface area contributed by atoms with E-state index >= 15 is 0 Å². The summed E-state index contributed by atoms with van der Waals surface area (Å²) in [5.74, 6) is 0.860. The Hall–Kier alpha value is -0.0300. The van der Waals surface area contributed by atoms with Crippen molar-refractivity contribution in [1.29, 1.82) is 0 Å². The third-order valence-electron chi connectivity index (χ3n) is 1.06. The molecule has 0 spiro atoms. The zero-order valence-electron chi connectivity index (χ0n) is 6.66. The first kappa shape index (κ1) is 11.0. The molecule has 4 heteroatoms. The van der Waals surface area contributed by atoms with E-state index in [0.29, 0.717) is 0 Å². The van der Waals surface area contributed by atoms with Crippen LogP contribution in [0.5, 0.6) is 0 Å². The van der Waals surface area contributed by atoms with Crippen molar-refractivity contribution in [2.24, 2.45) is 0 Å². The third kappa shape index (κ3) is 7.87. The predicted octanol–water partition coefficient (Wildman–Crippen LogP) is 0.501. The minimum atomic E-state index is -0.648. The van der Waals surface area contributed by atoms with Gasteiger partial charge in [0.2, 0.25) is 0 Å². The van der Waals surface area contributed by atoms with Crippen LogP contribution < -0.4 is 5.32 Å². The highest BCUT2D eigenvalue weighted by Crippen LogP contribution is 2.06. The lowest BCUT2D eigenvalue weighted by Crippen LogP contribution is -2.26. The maximum Gasteiger partial charge on any atom is 0.154 e. The Bertz CT molecular complexity index is 109. The summed E-state index contributed by atoms with van der Waals surface area (Å²) >= 11 is 1.37. The standard InChI is InChI=1S/C7H15NO2S/c1-2-3-4-5-11-7(10)8-6-9/h2-3,7-10H,4-6H2,1H3/b3-2+. The molecule has 3 N–H and O–H groups in total. The highest BCUT2D eigenvalue weighted by molar-refractivity contribution is 7.99. The number of nitrogens with one attached hydrogen (secondary N) is 1. The third-order valence-corrected chi connectivity index (χ3v) is 2.02. The largest absolute Gasteiger partial charge is 0.381 e. The molecule has 0 aliphatic heterocycles. The number of thioether (sulfide) groups is 1. The molecule has 0 aromatic carbocycles. The number of hydrogen-bond donors (Lipinski definition) is 3. The van der Waals surface area contributed by atoms with Crippen molar-refractivity contribution in [3.8, 4) is 0 Å². The van der Waals surface area contributed by atoms with Crippen LogP contribution >= 0.6 is 11.8 Å². The molecule has 66 valence electrons. The smallest absolute Gasteiger partial charge is 0.154 e. The highest BCUT2D eigenvalue weighted by Gasteiger charge is 1.99. The normalized spacial score (nSPS) is 14.1. The molecule has 0 radical (unpaired) electrons. The van der Waals surface area contributed by atoms with Gasteiger partial charge in [-0.2, -0.15) is 0 Å². The van der Waals surface area contributed by atoms with Gasteiger partial charge in [-0.1, -0.05) is 12.2 Å². The maximum absolute atomic E-state index is 9.02. The Balaban J connectivity index is 3.10.